The van der Waals surface area contributed by atoms with Crippen LogP contribution in [0.15, 0.2) is 18.2 Å². The Balaban J connectivity index is 1.68. The molecule has 1 aromatic rings. The number of nitrogens with zero attached hydrogens (tertiary/aromatic N) is 1. The molecule has 0 aliphatic carbocycles. The molecule has 3 amide bonds. The van der Waals surface area contributed by atoms with Gasteiger partial charge in [0.25, 0.3) is 5.91 Å². The molecule has 0 bridgehead atoms. The number of rotatable bonds is 6. The first kappa shape index (κ1) is 17.9. The lowest BCUT2D eigenvalue weighted by Gasteiger charge is -2.25. The first-order chi connectivity index (χ1) is 11.5. The first-order valence-electron chi connectivity index (χ1n) is 8.06. The number of likely N-dealkylation sites (tertiary alicyclic amines) is 1. The number of benzene rings is 1. The Labute approximate surface area is 140 Å². The van der Waals surface area contributed by atoms with Crippen molar-refractivity contribution >= 4 is 17.7 Å². The van der Waals surface area contributed by atoms with Crippen LogP contribution in [-0.4, -0.2) is 48.8 Å². The number of carbonyl (C=O) groups is 3. The van der Waals surface area contributed by atoms with Gasteiger partial charge in [0, 0.05) is 31.6 Å². The van der Waals surface area contributed by atoms with E-state index in [1.165, 1.54) is 6.07 Å². The van der Waals surface area contributed by atoms with Crippen molar-refractivity contribution in [2.24, 2.45) is 0 Å². The van der Waals surface area contributed by atoms with Crippen LogP contribution in [0.5, 0.6) is 0 Å². The Morgan fingerprint density at radius 3 is 2.67 bits per heavy atom. The van der Waals surface area contributed by atoms with Gasteiger partial charge in [-0.25, -0.2) is 4.39 Å². The molecule has 1 saturated heterocycles. The third-order valence-electron chi connectivity index (χ3n) is 3.92. The van der Waals surface area contributed by atoms with Gasteiger partial charge in [0.05, 0.1) is 6.54 Å². The van der Waals surface area contributed by atoms with E-state index in [0.717, 1.165) is 12.8 Å². The average Bonchev–Trinajstić information content (AvgIpc) is 2.56. The molecule has 0 unspecified atom stereocenters. The van der Waals surface area contributed by atoms with Gasteiger partial charge in [-0.05, 0) is 37.5 Å². The Morgan fingerprint density at radius 1 is 1.21 bits per heavy atom. The van der Waals surface area contributed by atoms with Gasteiger partial charge in [0.1, 0.15) is 5.82 Å². The van der Waals surface area contributed by atoms with Crippen molar-refractivity contribution in [3.05, 3.63) is 35.1 Å². The fraction of sp³-hybridized carbons (Fsp3) is 0.471. The summed E-state index contributed by atoms with van der Waals surface area (Å²) in [6, 6.07) is 4.28. The summed E-state index contributed by atoms with van der Waals surface area (Å²) in [6.45, 7) is 2.77. The highest BCUT2D eigenvalue weighted by atomic mass is 19.1. The molecule has 0 atom stereocenters. The van der Waals surface area contributed by atoms with Gasteiger partial charge in [0.15, 0.2) is 0 Å². The maximum absolute atomic E-state index is 13.4. The van der Waals surface area contributed by atoms with Crippen LogP contribution in [0.2, 0.25) is 0 Å². The van der Waals surface area contributed by atoms with Crippen molar-refractivity contribution in [2.45, 2.75) is 26.2 Å². The summed E-state index contributed by atoms with van der Waals surface area (Å²) in [5.41, 5.74) is 0.717. The van der Waals surface area contributed by atoms with Crippen LogP contribution >= 0.6 is 0 Å². The van der Waals surface area contributed by atoms with E-state index in [4.69, 9.17) is 0 Å². The predicted molar refractivity (Wildman–Crippen MR) is 86.9 cm³/mol. The maximum Gasteiger partial charge on any atom is 0.251 e. The molecule has 1 fully saturated rings. The number of hydrogen-bond acceptors (Lipinski definition) is 3. The molecule has 0 spiro atoms. The van der Waals surface area contributed by atoms with E-state index in [1.54, 1.807) is 24.0 Å². The van der Waals surface area contributed by atoms with Crippen LogP contribution in [0.4, 0.5) is 4.39 Å². The quantitative estimate of drug-likeness (QED) is 0.761. The largest absolute Gasteiger partial charge is 0.353 e. The molecule has 2 rings (SSSR count). The van der Waals surface area contributed by atoms with Gasteiger partial charge in [-0.1, -0.05) is 6.07 Å². The molecule has 1 heterocycles. The molecule has 2 N–H and O–H groups in total. The van der Waals surface area contributed by atoms with Crippen molar-refractivity contribution in [3.8, 4) is 0 Å². The third kappa shape index (κ3) is 5.04. The Kier molecular flexibility index (Phi) is 6.28. The van der Waals surface area contributed by atoms with E-state index in [1.807, 2.05) is 0 Å². The molecule has 0 saturated carbocycles. The fourth-order valence-corrected chi connectivity index (χ4v) is 2.47. The summed E-state index contributed by atoms with van der Waals surface area (Å²) < 4.78 is 13.4. The van der Waals surface area contributed by atoms with Gasteiger partial charge in [-0.2, -0.15) is 0 Å². The molecular weight excluding hydrogens is 313 g/mol. The minimum absolute atomic E-state index is 0.00565. The topological polar surface area (TPSA) is 78.5 Å². The number of piperidine rings is 1. The maximum atomic E-state index is 13.4. The van der Waals surface area contributed by atoms with Crippen LogP contribution in [0.25, 0.3) is 0 Å². The highest BCUT2D eigenvalue weighted by Crippen LogP contribution is 2.10. The highest BCUT2D eigenvalue weighted by Gasteiger charge is 2.20. The summed E-state index contributed by atoms with van der Waals surface area (Å²) in [5.74, 6) is -1.07. The van der Waals surface area contributed by atoms with Gasteiger partial charge >= 0.3 is 0 Å². The summed E-state index contributed by atoms with van der Waals surface area (Å²) in [5, 5.41) is 5.27. The molecule has 1 aliphatic rings. The zero-order valence-electron chi connectivity index (χ0n) is 13.7. The molecule has 7 heteroatoms. The van der Waals surface area contributed by atoms with E-state index >= 15 is 0 Å². The Hall–Kier alpha value is -2.44. The van der Waals surface area contributed by atoms with Gasteiger partial charge in [-0.15, -0.1) is 0 Å². The lowest BCUT2D eigenvalue weighted by molar-refractivity contribution is -0.137. The molecule has 6 nitrogen and oxygen atoms in total. The smallest absolute Gasteiger partial charge is 0.251 e. The summed E-state index contributed by atoms with van der Waals surface area (Å²) in [4.78, 5) is 36.8. The Morgan fingerprint density at radius 2 is 1.96 bits per heavy atom. The van der Waals surface area contributed by atoms with E-state index in [2.05, 4.69) is 10.6 Å². The van der Waals surface area contributed by atoms with Crippen LogP contribution in [0.3, 0.4) is 0 Å². The van der Waals surface area contributed by atoms with Crippen LogP contribution in [0.1, 0.15) is 35.2 Å². The van der Waals surface area contributed by atoms with Crippen molar-refractivity contribution in [1.29, 1.82) is 0 Å². The molecule has 130 valence electrons. The number of nitrogens with one attached hydrogen (secondary N) is 2. The molecule has 0 aromatic heterocycles. The second-order valence-electron chi connectivity index (χ2n) is 5.84. The van der Waals surface area contributed by atoms with Crippen molar-refractivity contribution < 1.29 is 18.8 Å². The number of halogens is 1. The minimum Gasteiger partial charge on any atom is -0.353 e. The molecule has 1 aliphatic heterocycles. The second kappa shape index (κ2) is 8.42. The second-order valence-corrected chi connectivity index (χ2v) is 5.84. The van der Waals surface area contributed by atoms with Crippen LogP contribution in [0, 0.1) is 12.7 Å². The molecule has 0 radical (unpaired) electrons. The monoisotopic (exact) mass is 335 g/mol. The highest BCUT2D eigenvalue weighted by molar-refractivity contribution is 5.94. The van der Waals surface area contributed by atoms with Gasteiger partial charge in [0.2, 0.25) is 11.8 Å². The number of carbonyl (C=O) groups excluding carboxylic acids is 3. The van der Waals surface area contributed by atoms with Crippen molar-refractivity contribution in [3.63, 3.8) is 0 Å². The predicted octanol–water partition coefficient (Wildman–Crippen LogP) is 0.993. The van der Waals surface area contributed by atoms with Gasteiger partial charge < -0.3 is 15.5 Å². The van der Waals surface area contributed by atoms with Crippen molar-refractivity contribution in [2.75, 3.05) is 26.2 Å². The van der Waals surface area contributed by atoms with E-state index in [0.29, 0.717) is 18.5 Å². The standard InChI is InChI=1S/C17H22FN3O3/c1-12-5-6-13(10-14(12)18)17(24)20-8-7-19-15(22)11-21-9-3-2-4-16(21)23/h5-6,10H,2-4,7-9,11H2,1H3,(H,19,22)(H,20,24). The normalized spacial score (nSPS) is 14.4. The van der Waals surface area contributed by atoms with E-state index in [9.17, 15) is 18.8 Å². The number of amides is 3. The molecule has 1 aromatic carbocycles. The average molecular weight is 335 g/mol. The minimum atomic E-state index is -0.429. The summed E-state index contributed by atoms with van der Waals surface area (Å²) >= 11 is 0. The fourth-order valence-electron chi connectivity index (χ4n) is 2.47. The van der Waals surface area contributed by atoms with Crippen molar-refractivity contribution in [1.82, 2.24) is 15.5 Å². The number of aryl methyl sites for hydroxylation is 1. The van der Waals surface area contributed by atoms with Crippen LogP contribution in [-0.2, 0) is 9.59 Å². The SMILES string of the molecule is Cc1ccc(C(=O)NCCNC(=O)CN2CCCCC2=O)cc1F. The lowest BCUT2D eigenvalue weighted by Crippen LogP contribution is -2.44. The Bertz CT molecular complexity index is 634. The first-order valence-corrected chi connectivity index (χ1v) is 8.06. The number of hydrogen-bond donors (Lipinski definition) is 2. The third-order valence-corrected chi connectivity index (χ3v) is 3.92. The van der Waals surface area contributed by atoms with Crippen LogP contribution < -0.4 is 10.6 Å². The summed E-state index contributed by atoms with van der Waals surface area (Å²) in [7, 11) is 0. The van der Waals surface area contributed by atoms with E-state index < -0.39 is 11.7 Å². The molecule has 24 heavy (non-hydrogen) atoms. The lowest BCUT2D eigenvalue weighted by atomic mass is 10.1. The zero-order valence-corrected chi connectivity index (χ0v) is 13.7. The van der Waals surface area contributed by atoms with Gasteiger partial charge in [-0.3, -0.25) is 14.4 Å². The summed E-state index contributed by atoms with van der Waals surface area (Å²) in [6.07, 6.45) is 2.29. The zero-order chi connectivity index (χ0) is 17.5. The molecular formula is C17H22FN3O3. The van der Waals surface area contributed by atoms with E-state index in [-0.39, 0.29) is 37.0 Å².